The fourth-order valence-electron chi connectivity index (χ4n) is 4.70. The molecule has 0 aliphatic carbocycles. The number of hydrogen-bond donors (Lipinski definition) is 4. The van der Waals surface area contributed by atoms with Crippen molar-refractivity contribution in [3.63, 3.8) is 0 Å². The van der Waals surface area contributed by atoms with Gasteiger partial charge >= 0.3 is 11.9 Å². The van der Waals surface area contributed by atoms with E-state index in [9.17, 15) is 19.5 Å². The Morgan fingerprint density at radius 2 is 1.61 bits per heavy atom. The molecule has 0 bridgehead atoms. The van der Waals surface area contributed by atoms with Crippen LogP contribution in [0.5, 0.6) is 0 Å². The highest BCUT2D eigenvalue weighted by atomic mass is 16.6. The van der Waals surface area contributed by atoms with Gasteiger partial charge in [0.2, 0.25) is 5.91 Å². The molecule has 3 rings (SSSR count). The van der Waals surface area contributed by atoms with Crippen LogP contribution in [0.3, 0.4) is 0 Å². The number of esters is 2. The summed E-state index contributed by atoms with van der Waals surface area (Å²) < 4.78 is 11.6. The van der Waals surface area contributed by atoms with Crippen LogP contribution in [0.25, 0.3) is 11.0 Å². The van der Waals surface area contributed by atoms with Crippen LogP contribution in [0.15, 0.2) is 12.5 Å². The maximum atomic E-state index is 13.0. The monoisotopic (exact) mass is 531 g/mol. The third kappa shape index (κ3) is 6.50. The molecule has 0 spiro atoms. The van der Waals surface area contributed by atoms with Crippen LogP contribution < -0.4 is 10.6 Å². The number of rotatable bonds is 12. The van der Waals surface area contributed by atoms with Crippen molar-refractivity contribution in [1.82, 2.24) is 20.3 Å². The van der Waals surface area contributed by atoms with Gasteiger partial charge in [0.25, 0.3) is 0 Å². The Kier molecular flexibility index (Phi) is 10.2. The molecule has 4 atom stereocenters. The molecule has 0 aromatic carbocycles. The summed E-state index contributed by atoms with van der Waals surface area (Å²) in [4.78, 5) is 50.0. The second-order valence-corrected chi connectivity index (χ2v) is 10.5. The van der Waals surface area contributed by atoms with E-state index in [2.05, 4.69) is 39.4 Å². The molecule has 1 saturated heterocycles. The highest BCUT2D eigenvalue weighted by molar-refractivity contribution is 5.99. The lowest BCUT2D eigenvalue weighted by molar-refractivity contribution is -0.171. The van der Waals surface area contributed by atoms with E-state index in [1.54, 1.807) is 33.9 Å². The number of fused-ring (bicyclic) bond motifs is 1. The van der Waals surface area contributed by atoms with Crippen molar-refractivity contribution in [2.24, 2.45) is 17.8 Å². The molecule has 1 amide bonds. The predicted molar refractivity (Wildman–Crippen MR) is 142 cm³/mol. The van der Waals surface area contributed by atoms with E-state index in [1.165, 1.54) is 6.33 Å². The van der Waals surface area contributed by atoms with E-state index in [4.69, 9.17) is 9.47 Å². The maximum absolute atomic E-state index is 13.0. The largest absolute Gasteiger partial charge is 0.456 e. The molecule has 0 radical (unpaired) electrons. The number of amides is 1. The quantitative estimate of drug-likeness (QED) is 0.302. The third-order valence-corrected chi connectivity index (χ3v) is 6.80. The molecule has 0 unspecified atom stereocenters. The molecule has 3 heterocycles. The van der Waals surface area contributed by atoms with Gasteiger partial charge in [-0.1, -0.05) is 54.4 Å². The number of H-pyrrole nitrogens is 1. The number of hydrogen-bond acceptors (Lipinski definition) is 9. The lowest BCUT2D eigenvalue weighted by atomic mass is 9.97. The summed E-state index contributed by atoms with van der Waals surface area (Å²) in [7, 11) is 0. The van der Waals surface area contributed by atoms with Crippen molar-refractivity contribution < 1.29 is 29.0 Å². The lowest BCUT2D eigenvalue weighted by Gasteiger charge is -2.26. The first-order valence-electron chi connectivity index (χ1n) is 13.5. The van der Waals surface area contributed by atoms with Crippen LogP contribution in [0, 0.1) is 17.8 Å². The van der Waals surface area contributed by atoms with Gasteiger partial charge in [0.1, 0.15) is 11.8 Å². The Bertz CT molecular complexity index is 1110. The molecule has 38 heavy (non-hydrogen) atoms. The average molecular weight is 532 g/mol. The summed E-state index contributed by atoms with van der Waals surface area (Å²) >= 11 is 0. The van der Waals surface area contributed by atoms with Gasteiger partial charge in [-0.15, -0.1) is 0 Å². The number of carbonyl (C=O) groups is 3. The minimum Gasteiger partial charge on any atom is -0.456 e. The van der Waals surface area contributed by atoms with E-state index < -0.39 is 48.1 Å². The van der Waals surface area contributed by atoms with E-state index in [1.807, 2.05) is 0 Å². The molecule has 1 aliphatic heterocycles. The number of nitrogens with one attached hydrogen (secondary N) is 3. The molecule has 11 nitrogen and oxygen atoms in total. The normalized spacial score (nSPS) is 21.4. The van der Waals surface area contributed by atoms with E-state index in [0.29, 0.717) is 22.4 Å². The van der Waals surface area contributed by atoms with Crippen molar-refractivity contribution in [2.45, 2.75) is 91.5 Å². The molecule has 11 heteroatoms. The molecule has 0 saturated carbocycles. The van der Waals surface area contributed by atoms with Gasteiger partial charge in [0, 0.05) is 17.7 Å². The topological polar surface area (TPSA) is 156 Å². The van der Waals surface area contributed by atoms with Gasteiger partial charge in [-0.3, -0.25) is 19.7 Å². The van der Waals surface area contributed by atoms with Gasteiger partial charge in [-0.25, -0.2) is 9.97 Å². The first-order valence-corrected chi connectivity index (χ1v) is 13.5. The summed E-state index contributed by atoms with van der Waals surface area (Å²) in [6, 6.07) is -1.30. The second kappa shape index (κ2) is 13.1. The van der Waals surface area contributed by atoms with Gasteiger partial charge in [-0.2, -0.15) is 0 Å². The molecule has 1 aliphatic rings. The van der Waals surface area contributed by atoms with Crippen LogP contribution in [-0.2, 0) is 23.9 Å². The lowest BCUT2D eigenvalue weighted by Crippen LogP contribution is -2.42. The second-order valence-electron chi connectivity index (χ2n) is 10.5. The zero-order chi connectivity index (χ0) is 28.0. The minimum atomic E-state index is -0.907. The Morgan fingerprint density at radius 1 is 1.00 bits per heavy atom. The number of aromatic nitrogens is 3. The van der Waals surface area contributed by atoms with Crippen LogP contribution in [0.1, 0.15) is 78.8 Å². The predicted octanol–water partition coefficient (Wildman–Crippen LogP) is 3.25. The Hall–Kier alpha value is -3.05. The van der Waals surface area contributed by atoms with Crippen molar-refractivity contribution in [2.75, 3.05) is 11.9 Å². The summed E-state index contributed by atoms with van der Waals surface area (Å²) in [5, 5.41) is 16.3. The molecular formula is C27H41N5O6. The average Bonchev–Trinajstić information content (AvgIpc) is 3.45. The Labute approximate surface area is 223 Å². The van der Waals surface area contributed by atoms with Crippen LogP contribution in [0.4, 0.5) is 5.82 Å². The summed E-state index contributed by atoms with van der Waals surface area (Å²) in [6.07, 6.45) is 4.65. The fraction of sp³-hybridized carbons (Fsp3) is 0.667. The number of ether oxygens (including phenoxy) is 2. The Balaban J connectivity index is 1.98. The zero-order valence-electron chi connectivity index (χ0n) is 23.1. The van der Waals surface area contributed by atoms with Gasteiger partial charge < -0.3 is 24.9 Å². The molecule has 4 N–H and O–H groups in total. The highest BCUT2D eigenvalue weighted by Crippen LogP contribution is 2.37. The molecule has 210 valence electrons. The summed E-state index contributed by atoms with van der Waals surface area (Å²) in [5.41, 5.74) is 1.69. The van der Waals surface area contributed by atoms with Crippen LogP contribution in [0.2, 0.25) is 0 Å². The van der Waals surface area contributed by atoms with E-state index >= 15 is 0 Å². The van der Waals surface area contributed by atoms with Crippen molar-refractivity contribution >= 4 is 34.7 Å². The van der Waals surface area contributed by atoms with Gasteiger partial charge in [0.15, 0.2) is 18.0 Å². The smallest absolute Gasteiger partial charge is 0.308 e. The number of carbonyl (C=O) groups excluding carboxylic acids is 3. The minimum absolute atomic E-state index is 0.0893. The van der Waals surface area contributed by atoms with Crippen molar-refractivity contribution in [1.29, 1.82) is 0 Å². The van der Waals surface area contributed by atoms with Crippen LogP contribution in [-0.4, -0.2) is 62.8 Å². The summed E-state index contributed by atoms with van der Waals surface area (Å²) in [6.45, 7) is 10.6. The molecule has 2 aromatic heterocycles. The maximum Gasteiger partial charge on any atom is 0.308 e. The molecule has 1 fully saturated rings. The standard InChI is InChI=1S/C27H41N5O6/c1-7-9-16(10-8-2)25(34)32-24-21-19(29-13-30-24)17(11-28-21)20-23(38-27(36)15(5)6)22(18(12-33)31-20)37-26(35)14(3)4/h11,13-16,18,20,22-23,28,31,33H,7-10,12H2,1-6H3,(H,29,30,32,34)/t18-,20+,22-,23+/m1/s1. The molecular weight excluding hydrogens is 490 g/mol. The number of aromatic amines is 1. The molecule has 2 aromatic rings. The number of nitrogens with zero attached hydrogens (tertiary/aromatic N) is 2. The first-order chi connectivity index (χ1) is 18.1. The number of aliphatic hydroxyl groups excluding tert-OH is 1. The zero-order valence-corrected chi connectivity index (χ0v) is 23.1. The Morgan fingerprint density at radius 3 is 2.16 bits per heavy atom. The van der Waals surface area contributed by atoms with Gasteiger partial charge in [-0.05, 0) is 12.8 Å². The van der Waals surface area contributed by atoms with Crippen LogP contribution >= 0.6 is 0 Å². The fourth-order valence-corrected chi connectivity index (χ4v) is 4.70. The number of aliphatic hydroxyl groups is 1. The van der Waals surface area contributed by atoms with Gasteiger partial charge in [0.05, 0.1) is 36.0 Å². The van der Waals surface area contributed by atoms with E-state index in [0.717, 1.165) is 25.7 Å². The highest BCUT2D eigenvalue weighted by Gasteiger charge is 2.49. The third-order valence-electron chi connectivity index (χ3n) is 6.80. The number of anilines is 1. The van der Waals surface area contributed by atoms with Crippen molar-refractivity contribution in [3.05, 3.63) is 18.1 Å². The van der Waals surface area contributed by atoms with Crippen molar-refractivity contribution in [3.8, 4) is 0 Å². The first kappa shape index (κ1) is 29.5. The summed E-state index contributed by atoms with van der Waals surface area (Å²) in [5.74, 6) is -1.55. The SMILES string of the molecule is CCCC(CCC)C(=O)Nc1ncnc2c([C@@H]3N[C@H](CO)[C@@H](OC(=O)C(C)C)[C@H]3OC(=O)C(C)C)c[nH]c12. The van der Waals surface area contributed by atoms with E-state index in [-0.39, 0.29) is 18.4 Å².